The van der Waals surface area contributed by atoms with Crippen molar-refractivity contribution in [1.29, 1.82) is 0 Å². The van der Waals surface area contributed by atoms with Crippen LogP contribution >= 0.6 is 0 Å². The molecule has 1 aromatic rings. The lowest BCUT2D eigenvalue weighted by molar-refractivity contribution is -0.117. The van der Waals surface area contributed by atoms with Crippen LogP contribution in [-0.4, -0.2) is 5.78 Å². The van der Waals surface area contributed by atoms with Gasteiger partial charge in [0.1, 0.15) is 5.78 Å². The fourth-order valence-corrected chi connectivity index (χ4v) is 1.70. The van der Waals surface area contributed by atoms with Gasteiger partial charge in [-0.3, -0.25) is 0 Å². The number of benzene rings is 1. The Morgan fingerprint density at radius 1 is 0.842 bits per heavy atom. The third kappa shape index (κ3) is 14.8. The molecule has 1 nitrogen and oxygen atoms in total. The zero-order valence-corrected chi connectivity index (χ0v) is 13.5. The lowest BCUT2D eigenvalue weighted by Gasteiger charge is -2.01. The maximum absolute atomic E-state index is 10.7. The van der Waals surface area contributed by atoms with Gasteiger partial charge in [0.2, 0.25) is 0 Å². The predicted octanol–water partition coefficient (Wildman–Crippen LogP) is 5.82. The van der Waals surface area contributed by atoms with E-state index in [4.69, 9.17) is 0 Å². The molecule has 19 heavy (non-hydrogen) atoms. The predicted molar refractivity (Wildman–Crippen MR) is 86.6 cm³/mol. The van der Waals surface area contributed by atoms with E-state index in [0.29, 0.717) is 5.78 Å². The zero-order chi connectivity index (χ0) is 14.9. The van der Waals surface area contributed by atoms with Gasteiger partial charge in [-0.15, -0.1) is 0 Å². The Morgan fingerprint density at radius 2 is 1.37 bits per heavy atom. The molecule has 1 heteroatoms. The van der Waals surface area contributed by atoms with Gasteiger partial charge in [-0.25, -0.2) is 0 Å². The van der Waals surface area contributed by atoms with Crippen LogP contribution in [-0.2, 0) is 11.2 Å². The summed E-state index contributed by atoms with van der Waals surface area (Å²) in [6.45, 7) is 9.67. The molecule has 0 saturated heterocycles. The number of Topliss-reactive ketones (excluding diaryl/α,β-unsaturated/α-hetero) is 1. The van der Waals surface area contributed by atoms with E-state index in [2.05, 4.69) is 30.3 Å². The van der Waals surface area contributed by atoms with E-state index in [1.54, 1.807) is 6.92 Å². The van der Waals surface area contributed by atoms with E-state index >= 15 is 0 Å². The summed E-state index contributed by atoms with van der Waals surface area (Å²) in [6.07, 6.45) is 6.65. The normalized spacial score (nSPS) is 8.68. The summed E-state index contributed by atoms with van der Waals surface area (Å²) >= 11 is 0. The second kappa shape index (κ2) is 16.9. The molecule has 0 aromatic heterocycles. The second-order valence-corrected chi connectivity index (χ2v) is 4.10. The minimum absolute atomic E-state index is 0.318. The van der Waals surface area contributed by atoms with Gasteiger partial charge in [-0.2, -0.15) is 0 Å². The summed E-state index contributed by atoms with van der Waals surface area (Å²) in [6, 6.07) is 10.6. The third-order valence-corrected chi connectivity index (χ3v) is 2.59. The molecular weight excluding hydrogens is 232 g/mol. The van der Waals surface area contributed by atoms with Gasteiger partial charge in [0.15, 0.2) is 0 Å². The largest absolute Gasteiger partial charge is 0.300 e. The van der Waals surface area contributed by atoms with Crippen LogP contribution in [0.4, 0.5) is 0 Å². The second-order valence-electron chi connectivity index (χ2n) is 4.10. The molecule has 1 rings (SSSR count). The van der Waals surface area contributed by atoms with Crippen molar-refractivity contribution in [2.24, 2.45) is 0 Å². The molecule has 0 aliphatic carbocycles. The Morgan fingerprint density at radius 3 is 1.89 bits per heavy atom. The van der Waals surface area contributed by atoms with Gasteiger partial charge >= 0.3 is 0 Å². The molecular formula is C18H32O. The first-order chi connectivity index (χ1) is 9.29. The number of carbonyl (C=O) groups is 1. The third-order valence-electron chi connectivity index (χ3n) is 2.59. The van der Waals surface area contributed by atoms with Crippen LogP contribution < -0.4 is 0 Å². The van der Waals surface area contributed by atoms with Crippen molar-refractivity contribution < 1.29 is 4.79 Å². The quantitative estimate of drug-likeness (QED) is 0.567. The van der Waals surface area contributed by atoms with Gasteiger partial charge in [0.25, 0.3) is 0 Å². The highest BCUT2D eigenvalue weighted by molar-refractivity contribution is 5.75. The van der Waals surface area contributed by atoms with Gasteiger partial charge in [-0.05, 0) is 31.7 Å². The molecule has 1 aromatic carbocycles. The average molecular weight is 264 g/mol. The molecule has 110 valence electrons. The van der Waals surface area contributed by atoms with Gasteiger partial charge in [-0.1, -0.05) is 70.9 Å². The van der Waals surface area contributed by atoms with E-state index < -0.39 is 0 Å². The fourth-order valence-electron chi connectivity index (χ4n) is 1.70. The van der Waals surface area contributed by atoms with Crippen molar-refractivity contribution in [2.75, 3.05) is 0 Å². The summed E-state index contributed by atoms with van der Waals surface area (Å²) in [4.78, 5) is 10.7. The first-order valence-corrected chi connectivity index (χ1v) is 7.82. The minimum atomic E-state index is 0.318. The number of rotatable bonds is 7. The number of unbranched alkanes of at least 4 members (excludes halogenated alkanes) is 3. The standard InChI is InChI=1S/C14H20O.2C2H6/c1-13(15)9-5-2-3-6-10-14-11-7-4-8-12-14;2*1-2/h4,7-8,11-12H,2-3,5-6,9-10H2,1H3;2*1-2H3. The minimum Gasteiger partial charge on any atom is -0.300 e. The van der Waals surface area contributed by atoms with E-state index in [0.717, 1.165) is 12.8 Å². The fraction of sp³-hybridized carbons (Fsp3) is 0.611. The van der Waals surface area contributed by atoms with Gasteiger partial charge in [0, 0.05) is 6.42 Å². The van der Waals surface area contributed by atoms with Crippen molar-refractivity contribution in [3.63, 3.8) is 0 Å². The van der Waals surface area contributed by atoms with Crippen LogP contribution in [0.1, 0.15) is 72.3 Å². The Bertz CT molecular complexity index is 277. The summed E-state index contributed by atoms with van der Waals surface area (Å²) in [5, 5.41) is 0. The molecule has 0 unspecified atom stereocenters. The lowest BCUT2D eigenvalue weighted by Crippen LogP contribution is -1.90. The Kier molecular flexibility index (Phi) is 18.0. The number of ketones is 1. The molecule has 0 radical (unpaired) electrons. The van der Waals surface area contributed by atoms with Gasteiger partial charge in [0.05, 0.1) is 0 Å². The number of hydrogen-bond acceptors (Lipinski definition) is 1. The topological polar surface area (TPSA) is 17.1 Å². The lowest BCUT2D eigenvalue weighted by atomic mass is 10.1. The molecule has 0 fully saturated rings. The molecule has 0 aliphatic heterocycles. The smallest absolute Gasteiger partial charge is 0.129 e. The summed E-state index contributed by atoms with van der Waals surface area (Å²) in [5.74, 6) is 0.318. The van der Waals surface area contributed by atoms with E-state index in [-0.39, 0.29) is 0 Å². The summed E-state index contributed by atoms with van der Waals surface area (Å²) in [7, 11) is 0. The van der Waals surface area contributed by atoms with Crippen molar-refractivity contribution in [3.8, 4) is 0 Å². The van der Waals surface area contributed by atoms with Gasteiger partial charge < -0.3 is 4.79 Å². The van der Waals surface area contributed by atoms with Crippen molar-refractivity contribution in [2.45, 2.75) is 73.1 Å². The van der Waals surface area contributed by atoms with Crippen molar-refractivity contribution in [1.82, 2.24) is 0 Å². The molecule has 0 spiro atoms. The molecule has 0 bridgehead atoms. The first-order valence-electron chi connectivity index (χ1n) is 7.82. The van der Waals surface area contributed by atoms with Crippen LogP contribution in [0, 0.1) is 0 Å². The molecule has 0 aliphatic rings. The monoisotopic (exact) mass is 264 g/mol. The van der Waals surface area contributed by atoms with E-state index in [1.807, 2.05) is 27.7 Å². The highest BCUT2D eigenvalue weighted by Crippen LogP contribution is 2.08. The number of carbonyl (C=O) groups excluding carboxylic acids is 1. The number of aryl methyl sites for hydroxylation is 1. The molecule has 0 heterocycles. The average Bonchev–Trinajstić information content (AvgIpc) is 2.48. The Balaban J connectivity index is 0. The van der Waals surface area contributed by atoms with Crippen molar-refractivity contribution in [3.05, 3.63) is 35.9 Å². The van der Waals surface area contributed by atoms with E-state index in [9.17, 15) is 4.79 Å². The Hall–Kier alpha value is -1.11. The molecule has 0 amide bonds. The van der Waals surface area contributed by atoms with Crippen LogP contribution in [0.2, 0.25) is 0 Å². The summed E-state index contributed by atoms with van der Waals surface area (Å²) in [5.41, 5.74) is 1.42. The van der Waals surface area contributed by atoms with Crippen LogP contribution in [0.3, 0.4) is 0 Å². The first kappa shape index (κ1) is 20.2. The maximum Gasteiger partial charge on any atom is 0.129 e. The zero-order valence-electron chi connectivity index (χ0n) is 13.5. The highest BCUT2D eigenvalue weighted by Gasteiger charge is 1.95. The van der Waals surface area contributed by atoms with E-state index in [1.165, 1.54) is 31.2 Å². The molecule has 0 atom stereocenters. The molecule has 0 saturated carbocycles. The van der Waals surface area contributed by atoms with Crippen LogP contribution in [0.5, 0.6) is 0 Å². The SMILES string of the molecule is CC.CC.CC(=O)CCCCCCc1ccccc1. The summed E-state index contributed by atoms with van der Waals surface area (Å²) < 4.78 is 0. The van der Waals surface area contributed by atoms with Crippen LogP contribution in [0.25, 0.3) is 0 Å². The highest BCUT2D eigenvalue weighted by atomic mass is 16.1. The number of hydrogen-bond donors (Lipinski definition) is 0. The molecule has 0 N–H and O–H groups in total. The van der Waals surface area contributed by atoms with Crippen LogP contribution in [0.15, 0.2) is 30.3 Å². The maximum atomic E-state index is 10.7. The van der Waals surface area contributed by atoms with Crippen molar-refractivity contribution >= 4 is 5.78 Å². The Labute approximate surface area is 120 Å².